The van der Waals surface area contributed by atoms with Crippen LogP contribution in [0.1, 0.15) is 51.9 Å². The van der Waals surface area contributed by atoms with Gasteiger partial charge in [0, 0.05) is 39.1 Å². The van der Waals surface area contributed by atoms with Crippen molar-refractivity contribution in [1.82, 2.24) is 15.1 Å². The molecule has 0 aromatic rings. The summed E-state index contributed by atoms with van der Waals surface area (Å²) in [5.74, 6) is 0.257. The lowest BCUT2D eigenvalue weighted by Gasteiger charge is -2.40. The fourth-order valence-electron chi connectivity index (χ4n) is 4.71. The van der Waals surface area contributed by atoms with E-state index >= 15 is 0 Å². The highest BCUT2D eigenvalue weighted by atomic mass is 16.3. The van der Waals surface area contributed by atoms with E-state index in [4.69, 9.17) is 0 Å². The van der Waals surface area contributed by atoms with Gasteiger partial charge in [-0.3, -0.25) is 14.5 Å². The van der Waals surface area contributed by atoms with Gasteiger partial charge in [-0.15, -0.1) is 0 Å². The highest BCUT2D eigenvalue weighted by molar-refractivity contribution is 5.87. The Morgan fingerprint density at radius 3 is 2.21 bits per heavy atom. The van der Waals surface area contributed by atoms with Crippen molar-refractivity contribution in [2.45, 2.75) is 70.1 Å². The van der Waals surface area contributed by atoms with Gasteiger partial charge in [0.05, 0.1) is 6.10 Å². The van der Waals surface area contributed by atoms with Gasteiger partial charge in [-0.2, -0.15) is 0 Å². The number of hydrogen-bond acceptors (Lipinski definition) is 4. The maximum absolute atomic E-state index is 13.0. The SMILES string of the molecule is CC(=O)NC(C(=O)N1CCN(C2CCCC2O)CC1)C1CCCC1. The first kappa shape index (κ1) is 17.7. The summed E-state index contributed by atoms with van der Waals surface area (Å²) in [5.41, 5.74) is 0. The van der Waals surface area contributed by atoms with Crippen molar-refractivity contribution in [3.63, 3.8) is 0 Å². The van der Waals surface area contributed by atoms with Crippen LogP contribution in [0.4, 0.5) is 0 Å². The minimum atomic E-state index is -0.353. The van der Waals surface area contributed by atoms with Crippen molar-refractivity contribution in [3.8, 4) is 0 Å². The van der Waals surface area contributed by atoms with Gasteiger partial charge in [0.25, 0.3) is 0 Å². The topological polar surface area (TPSA) is 72.9 Å². The average molecular weight is 337 g/mol. The molecule has 0 aromatic heterocycles. The molecule has 2 saturated carbocycles. The molecule has 2 aliphatic carbocycles. The van der Waals surface area contributed by atoms with Crippen LogP contribution in [0.3, 0.4) is 0 Å². The molecule has 2 N–H and O–H groups in total. The molecule has 3 unspecified atom stereocenters. The number of aliphatic hydroxyl groups excluding tert-OH is 1. The molecule has 3 aliphatic rings. The fourth-order valence-corrected chi connectivity index (χ4v) is 4.71. The van der Waals surface area contributed by atoms with Crippen molar-refractivity contribution in [1.29, 1.82) is 0 Å². The molecule has 0 aromatic carbocycles. The lowest BCUT2D eigenvalue weighted by atomic mass is 9.96. The standard InChI is InChI=1S/C18H31N3O3/c1-13(22)19-17(14-5-2-3-6-14)18(24)21-11-9-20(10-12-21)15-7-4-8-16(15)23/h14-17,23H,2-12H2,1H3,(H,19,22). The number of carbonyl (C=O) groups is 2. The maximum Gasteiger partial charge on any atom is 0.245 e. The molecule has 6 heteroatoms. The van der Waals surface area contributed by atoms with Gasteiger partial charge in [-0.1, -0.05) is 12.8 Å². The van der Waals surface area contributed by atoms with Gasteiger partial charge in [-0.05, 0) is 38.0 Å². The molecular formula is C18H31N3O3. The Hall–Kier alpha value is -1.14. The van der Waals surface area contributed by atoms with E-state index in [0.717, 1.165) is 58.0 Å². The van der Waals surface area contributed by atoms with Crippen LogP contribution < -0.4 is 5.32 Å². The molecule has 3 atom stereocenters. The molecule has 0 bridgehead atoms. The molecule has 0 radical (unpaired) electrons. The molecule has 3 rings (SSSR count). The van der Waals surface area contributed by atoms with Crippen LogP contribution in [0.2, 0.25) is 0 Å². The Bertz CT molecular complexity index is 456. The van der Waals surface area contributed by atoms with Crippen LogP contribution in [-0.4, -0.2) is 71.1 Å². The number of piperazine rings is 1. The Labute approximate surface area is 144 Å². The van der Waals surface area contributed by atoms with Crippen LogP contribution in [0.5, 0.6) is 0 Å². The lowest BCUT2D eigenvalue weighted by molar-refractivity contribution is -0.139. The zero-order chi connectivity index (χ0) is 17.1. The van der Waals surface area contributed by atoms with E-state index in [1.165, 1.54) is 6.92 Å². The molecule has 1 aliphatic heterocycles. The number of hydrogen-bond donors (Lipinski definition) is 2. The van der Waals surface area contributed by atoms with Gasteiger partial charge < -0.3 is 15.3 Å². The smallest absolute Gasteiger partial charge is 0.245 e. The summed E-state index contributed by atoms with van der Waals surface area (Å²) in [5, 5.41) is 13.0. The molecule has 136 valence electrons. The van der Waals surface area contributed by atoms with Gasteiger partial charge in [0.2, 0.25) is 11.8 Å². The van der Waals surface area contributed by atoms with Crippen molar-refractivity contribution >= 4 is 11.8 Å². The first-order valence-corrected chi connectivity index (χ1v) is 9.54. The minimum absolute atomic E-state index is 0.0868. The van der Waals surface area contributed by atoms with E-state index < -0.39 is 0 Å². The predicted molar refractivity (Wildman–Crippen MR) is 91.4 cm³/mol. The summed E-state index contributed by atoms with van der Waals surface area (Å²) in [6, 6.07) is -0.0863. The Morgan fingerprint density at radius 2 is 1.67 bits per heavy atom. The molecule has 3 fully saturated rings. The third kappa shape index (κ3) is 3.91. The van der Waals surface area contributed by atoms with Crippen LogP contribution in [-0.2, 0) is 9.59 Å². The zero-order valence-electron chi connectivity index (χ0n) is 14.7. The molecular weight excluding hydrogens is 306 g/mol. The van der Waals surface area contributed by atoms with E-state index in [1.54, 1.807) is 0 Å². The minimum Gasteiger partial charge on any atom is -0.391 e. The summed E-state index contributed by atoms with van der Waals surface area (Å²) < 4.78 is 0. The average Bonchev–Trinajstić information content (AvgIpc) is 3.23. The highest BCUT2D eigenvalue weighted by Crippen LogP contribution is 2.29. The number of rotatable bonds is 4. The predicted octanol–water partition coefficient (Wildman–Crippen LogP) is 0.739. The summed E-state index contributed by atoms with van der Waals surface area (Å²) in [6.07, 6.45) is 7.22. The Balaban J connectivity index is 1.57. The third-order valence-electron chi connectivity index (χ3n) is 6.03. The molecule has 6 nitrogen and oxygen atoms in total. The number of aliphatic hydroxyl groups is 1. The van der Waals surface area contributed by atoms with Crippen LogP contribution in [0.25, 0.3) is 0 Å². The van der Waals surface area contributed by atoms with Crippen LogP contribution >= 0.6 is 0 Å². The van der Waals surface area contributed by atoms with Gasteiger partial charge in [0.1, 0.15) is 6.04 Å². The zero-order valence-corrected chi connectivity index (χ0v) is 14.7. The van der Waals surface area contributed by atoms with E-state index in [1.807, 2.05) is 4.90 Å². The number of carbonyl (C=O) groups excluding carboxylic acids is 2. The van der Waals surface area contributed by atoms with Gasteiger partial charge >= 0.3 is 0 Å². The second kappa shape index (κ2) is 7.83. The second-order valence-electron chi connectivity index (χ2n) is 7.65. The second-order valence-corrected chi connectivity index (χ2v) is 7.65. The molecule has 1 heterocycles. The number of nitrogens with zero attached hydrogens (tertiary/aromatic N) is 2. The Morgan fingerprint density at radius 1 is 1.00 bits per heavy atom. The van der Waals surface area contributed by atoms with Gasteiger partial charge in [0.15, 0.2) is 0 Å². The first-order valence-electron chi connectivity index (χ1n) is 9.54. The number of nitrogens with one attached hydrogen (secondary N) is 1. The fraction of sp³-hybridized carbons (Fsp3) is 0.889. The molecule has 2 amide bonds. The third-order valence-corrected chi connectivity index (χ3v) is 6.03. The summed E-state index contributed by atoms with van der Waals surface area (Å²) in [7, 11) is 0. The Kier molecular flexibility index (Phi) is 5.76. The maximum atomic E-state index is 13.0. The molecule has 0 spiro atoms. The first-order chi connectivity index (χ1) is 11.6. The summed E-state index contributed by atoms with van der Waals surface area (Å²) in [6.45, 7) is 4.54. The monoisotopic (exact) mass is 337 g/mol. The van der Waals surface area contributed by atoms with Crippen molar-refractivity contribution in [3.05, 3.63) is 0 Å². The quantitative estimate of drug-likeness (QED) is 0.794. The normalized spacial score (nSPS) is 30.5. The highest BCUT2D eigenvalue weighted by Gasteiger charge is 2.37. The van der Waals surface area contributed by atoms with Crippen molar-refractivity contribution < 1.29 is 14.7 Å². The van der Waals surface area contributed by atoms with Gasteiger partial charge in [-0.25, -0.2) is 0 Å². The number of amides is 2. The van der Waals surface area contributed by atoms with Crippen LogP contribution in [0, 0.1) is 5.92 Å². The molecule has 1 saturated heterocycles. The molecule has 24 heavy (non-hydrogen) atoms. The van der Waals surface area contributed by atoms with E-state index in [-0.39, 0.29) is 35.9 Å². The summed E-state index contributed by atoms with van der Waals surface area (Å²) in [4.78, 5) is 28.7. The van der Waals surface area contributed by atoms with Crippen LogP contribution in [0.15, 0.2) is 0 Å². The lowest BCUT2D eigenvalue weighted by Crippen LogP contribution is -2.58. The summed E-state index contributed by atoms with van der Waals surface area (Å²) >= 11 is 0. The van der Waals surface area contributed by atoms with E-state index in [0.29, 0.717) is 13.1 Å². The van der Waals surface area contributed by atoms with E-state index in [2.05, 4.69) is 10.2 Å². The largest absolute Gasteiger partial charge is 0.391 e. The van der Waals surface area contributed by atoms with Crippen molar-refractivity contribution in [2.75, 3.05) is 26.2 Å². The van der Waals surface area contributed by atoms with E-state index in [9.17, 15) is 14.7 Å². The van der Waals surface area contributed by atoms with Crippen molar-refractivity contribution in [2.24, 2.45) is 5.92 Å².